The van der Waals surface area contributed by atoms with Crippen molar-refractivity contribution in [3.05, 3.63) is 52.0 Å². The summed E-state index contributed by atoms with van der Waals surface area (Å²) in [5.41, 5.74) is 0.949. The lowest BCUT2D eigenvalue weighted by Gasteiger charge is -2.11. The van der Waals surface area contributed by atoms with Crippen LogP contribution in [0.15, 0.2) is 34.1 Å². The van der Waals surface area contributed by atoms with Crippen molar-refractivity contribution in [2.24, 2.45) is 4.99 Å². The second kappa shape index (κ2) is 11.9. The average Bonchev–Trinajstić information content (AvgIpc) is 3.01. The molecule has 3 rings (SSSR count). The molecule has 9 heteroatoms. The number of aryl methyl sites for hydroxylation is 2. The third-order valence-electron chi connectivity index (χ3n) is 4.77. The number of hydrogen-bond acceptors (Lipinski definition) is 3. The number of benzene rings is 1. The van der Waals surface area contributed by atoms with E-state index >= 15 is 0 Å². The van der Waals surface area contributed by atoms with Gasteiger partial charge in [0.25, 0.3) is 0 Å². The lowest BCUT2D eigenvalue weighted by Crippen LogP contribution is -2.38. The minimum Gasteiger partial charge on any atom is -0.357 e. The predicted octanol–water partition coefficient (Wildman–Crippen LogP) is 2.33. The predicted molar refractivity (Wildman–Crippen MR) is 124 cm³/mol. The SMILES string of the molecule is CCNC(=NCCCn1nc2n(c1=O)CCCC2)NCCc1cccc(F)c1.I. The fourth-order valence-electron chi connectivity index (χ4n) is 3.36. The molecule has 0 bridgehead atoms. The van der Waals surface area contributed by atoms with E-state index in [9.17, 15) is 9.18 Å². The number of nitrogens with zero attached hydrogens (tertiary/aromatic N) is 4. The molecule has 0 amide bonds. The third-order valence-corrected chi connectivity index (χ3v) is 4.77. The van der Waals surface area contributed by atoms with E-state index in [1.165, 1.54) is 6.07 Å². The van der Waals surface area contributed by atoms with Gasteiger partial charge in [-0.25, -0.2) is 13.9 Å². The van der Waals surface area contributed by atoms with Gasteiger partial charge in [0.05, 0.1) is 0 Å². The Labute approximate surface area is 187 Å². The average molecular weight is 516 g/mol. The van der Waals surface area contributed by atoms with Crippen LogP contribution in [0.2, 0.25) is 0 Å². The van der Waals surface area contributed by atoms with E-state index in [1.807, 2.05) is 13.0 Å². The summed E-state index contributed by atoms with van der Waals surface area (Å²) in [5.74, 6) is 1.43. The molecule has 1 aliphatic heterocycles. The molecule has 160 valence electrons. The van der Waals surface area contributed by atoms with Crippen LogP contribution >= 0.6 is 24.0 Å². The largest absolute Gasteiger partial charge is 0.357 e. The first-order valence-electron chi connectivity index (χ1n) is 10.1. The van der Waals surface area contributed by atoms with Crippen LogP contribution in [0.5, 0.6) is 0 Å². The van der Waals surface area contributed by atoms with E-state index in [2.05, 4.69) is 20.7 Å². The van der Waals surface area contributed by atoms with Crippen LogP contribution in [0.1, 0.15) is 37.6 Å². The van der Waals surface area contributed by atoms with E-state index in [0.29, 0.717) is 19.6 Å². The quantitative estimate of drug-likeness (QED) is 0.245. The van der Waals surface area contributed by atoms with Crippen molar-refractivity contribution in [3.8, 4) is 0 Å². The lowest BCUT2D eigenvalue weighted by atomic mass is 10.1. The van der Waals surface area contributed by atoms with Gasteiger partial charge in [0.15, 0.2) is 5.96 Å². The first kappa shape index (κ1) is 23.4. The summed E-state index contributed by atoms with van der Waals surface area (Å²) in [6.45, 7) is 5.40. The first-order valence-corrected chi connectivity index (χ1v) is 10.1. The van der Waals surface area contributed by atoms with Crippen molar-refractivity contribution in [3.63, 3.8) is 0 Å². The zero-order valence-corrected chi connectivity index (χ0v) is 19.2. The number of guanidine groups is 1. The number of fused-ring (bicyclic) bond motifs is 1. The molecule has 0 spiro atoms. The van der Waals surface area contributed by atoms with Crippen molar-refractivity contribution in [2.45, 2.75) is 52.1 Å². The highest BCUT2D eigenvalue weighted by molar-refractivity contribution is 14.0. The molecule has 1 aliphatic rings. The van der Waals surface area contributed by atoms with Gasteiger partial charge < -0.3 is 10.6 Å². The van der Waals surface area contributed by atoms with Gasteiger partial charge in [-0.3, -0.25) is 9.56 Å². The minimum atomic E-state index is -0.214. The zero-order chi connectivity index (χ0) is 19.8. The summed E-state index contributed by atoms with van der Waals surface area (Å²) in [6, 6.07) is 6.63. The van der Waals surface area contributed by atoms with Gasteiger partial charge in [0, 0.05) is 39.1 Å². The maximum atomic E-state index is 13.2. The monoisotopic (exact) mass is 516 g/mol. The number of hydrogen-bond donors (Lipinski definition) is 2. The van der Waals surface area contributed by atoms with Gasteiger partial charge in [-0.1, -0.05) is 12.1 Å². The van der Waals surface area contributed by atoms with Crippen molar-refractivity contribution in [2.75, 3.05) is 19.6 Å². The molecule has 7 nitrogen and oxygen atoms in total. The third kappa shape index (κ3) is 6.83. The molecule has 0 radical (unpaired) electrons. The molecule has 2 aromatic rings. The van der Waals surface area contributed by atoms with Gasteiger partial charge in [-0.15, -0.1) is 24.0 Å². The number of aliphatic imine (C=N–C) groups is 1. The van der Waals surface area contributed by atoms with E-state index < -0.39 is 0 Å². The molecule has 1 aromatic carbocycles. The lowest BCUT2D eigenvalue weighted by molar-refractivity contribution is 0.509. The fourth-order valence-corrected chi connectivity index (χ4v) is 3.36. The molecule has 29 heavy (non-hydrogen) atoms. The van der Waals surface area contributed by atoms with Crippen LogP contribution in [0.3, 0.4) is 0 Å². The topological polar surface area (TPSA) is 76.2 Å². The number of rotatable bonds is 8. The Bertz CT molecular complexity index is 863. The van der Waals surface area contributed by atoms with Gasteiger partial charge in [0.2, 0.25) is 0 Å². The van der Waals surface area contributed by atoms with Crippen molar-refractivity contribution in [1.82, 2.24) is 25.0 Å². The molecular formula is C20H30FIN6O. The van der Waals surface area contributed by atoms with E-state index in [4.69, 9.17) is 0 Å². The standard InChI is InChI=1S/C20H29FN6O.HI/c1-2-22-19(24-12-10-16-7-5-8-17(21)15-16)23-11-6-14-27-20(28)26-13-4-3-9-18(26)25-27;/h5,7-8,15H,2-4,6,9-14H2,1H3,(H2,22,23,24);1H. The molecule has 0 saturated heterocycles. The molecule has 2 heterocycles. The summed E-state index contributed by atoms with van der Waals surface area (Å²) in [4.78, 5) is 16.9. The van der Waals surface area contributed by atoms with Crippen LogP contribution in [0.25, 0.3) is 0 Å². The van der Waals surface area contributed by atoms with Gasteiger partial charge in [0.1, 0.15) is 11.6 Å². The highest BCUT2D eigenvalue weighted by Gasteiger charge is 2.16. The molecule has 0 fully saturated rings. The van der Waals surface area contributed by atoms with Crippen molar-refractivity contribution < 1.29 is 4.39 Å². The molecule has 0 aliphatic carbocycles. The van der Waals surface area contributed by atoms with Crippen LogP contribution < -0.4 is 16.3 Å². The second-order valence-corrected chi connectivity index (χ2v) is 6.95. The maximum Gasteiger partial charge on any atom is 0.345 e. The minimum absolute atomic E-state index is 0. The summed E-state index contributed by atoms with van der Waals surface area (Å²) in [6.07, 6.45) is 4.51. The molecular weight excluding hydrogens is 486 g/mol. The molecule has 2 N–H and O–H groups in total. The summed E-state index contributed by atoms with van der Waals surface area (Å²) in [7, 11) is 0. The Morgan fingerprint density at radius 3 is 2.93 bits per heavy atom. The Balaban J connectivity index is 0.00000300. The molecule has 0 atom stereocenters. The first-order chi connectivity index (χ1) is 13.7. The van der Waals surface area contributed by atoms with Crippen LogP contribution in [0.4, 0.5) is 4.39 Å². The maximum absolute atomic E-state index is 13.2. The van der Waals surface area contributed by atoms with Gasteiger partial charge >= 0.3 is 5.69 Å². The van der Waals surface area contributed by atoms with Crippen LogP contribution in [-0.4, -0.2) is 39.9 Å². The number of nitrogens with one attached hydrogen (secondary N) is 2. The summed E-state index contributed by atoms with van der Waals surface area (Å²) >= 11 is 0. The number of aromatic nitrogens is 3. The smallest absolute Gasteiger partial charge is 0.345 e. The Kier molecular flexibility index (Phi) is 9.62. The summed E-state index contributed by atoms with van der Waals surface area (Å²) < 4.78 is 16.6. The Morgan fingerprint density at radius 1 is 1.31 bits per heavy atom. The highest BCUT2D eigenvalue weighted by atomic mass is 127. The van der Waals surface area contributed by atoms with Crippen molar-refractivity contribution in [1.29, 1.82) is 0 Å². The normalized spacial score (nSPS) is 13.5. The van der Waals surface area contributed by atoms with E-state index in [1.54, 1.807) is 21.4 Å². The number of halogens is 2. The van der Waals surface area contributed by atoms with Gasteiger partial charge in [-0.2, -0.15) is 5.10 Å². The summed E-state index contributed by atoms with van der Waals surface area (Å²) in [5, 5.41) is 10.9. The fraction of sp³-hybridized carbons (Fsp3) is 0.550. The Hall–Kier alpha value is -1.91. The molecule has 0 saturated carbocycles. The molecule has 0 unspecified atom stereocenters. The Morgan fingerprint density at radius 2 is 2.17 bits per heavy atom. The van der Waals surface area contributed by atoms with Crippen LogP contribution in [0, 0.1) is 5.82 Å². The van der Waals surface area contributed by atoms with E-state index in [-0.39, 0.29) is 35.5 Å². The van der Waals surface area contributed by atoms with Gasteiger partial charge in [-0.05, 0) is 50.3 Å². The van der Waals surface area contributed by atoms with Crippen molar-refractivity contribution >= 4 is 29.9 Å². The van der Waals surface area contributed by atoms with Crippen LogP contribution in [-0.2, 0) is 25.9 Å². The van der Waals surface area contributed by atoms with E-state index in [0.717, 1.165) is 62.5 Å². The zero-order valence-electron chi connectivity index (χ0n) is 16.9. The molecule has 1 aromatic heterocycles. The highest BCUT2D eigenvalue weighted by Crippen LogP contribution is 2.09. The second-order valence-electron chi connectivity index (χ2n) is 6.95.